The molecule has 2 aliphatic carbocycles. The van der Waals surface area contributed by atoms with E-state index in [0.29, 0.717) is 0 Å². The average Bonchev–Trinajstić information content (AvgIpc) is 3.50. The minimum absolute atomic E-state index is 0.551. The zero-order valence-corrected chi connectivity index (χ0v) is 34.4. The number of para-hydroxylation sites is 3. The number of ether oxygens (including phenoxy) is 1. The van der Waals surface area contributed by atoms with E-state index in [2.05, 4.69) is 235 Å². The van der Waals surface area contributed by atoms with Crippen LogP contribution in [0.4, 0.5) is 17.1 Å². The lowest BCUT2D eigenvalue weighted by Crippen LogP contribution is -2.29. The van der Waals surface area contributed by atoms with E-state index >= 15 is 0 Å². The highest BCUT2D eigenvalue weighted by Crippen LogP contribution is 2.62. The van der Waals surface area contributed by atoms with Gasteiger partial charge in [-0.2, -0.15) is 0 Å². The topological polar surface area (TPSA) is 12.5 Å². The molecule has 63 heavy (non-hydrogen) atoms. The maximum atomic E-state index is 6.65. The van der Waals surface area contributed by atoms with Crippen molar-refractivity contribution in [2.24, 2.45) is 0 Å². The van der Waals surface area contributed by atoms with Crippen molar-refractivity contribution in [1.82, 2.24) is 0 Å². The minimum atomic E-state index is -0.551. The number of anilines is 3. The predicted molar refractivity (Wildman–Crippen MR) is 259 cm³/mol. The van der Waals surface area contributed by atoms with Gasteiger partial charge >= 0.3 is 0 Å². The van der Waals surface area contributed by atoms with E-state index in [1.54, 1.807) is 0 Å². The second-order valence-corrected chi connectivity index (χ2v) is 16.7. The molecule has 0 aromatic heterocycles. The van der Waals surface area contributed by atoms with Gasteiger partial charge < -0.3 is 9.64 Å². The first-order valence-corrected chi connectivity index (χ1v) is 21.8. The van der Waals surface area contributed by atoms with Crippen LogP contribution in [0, 0.1) is 0 Å². The average molecular weight is 802 g/mol. The van der Waals surface area contributed by atoms with Crippen LogP contribution in [0.25, 0.3) is 66.8 Å². The van der Waals surface area contributed by atoms with Gasteiger partial charge in [-0.25, -0.2) is 0 Å². The summed E-state index contributed by atoms with van der Waals surface area (Å²) in [6.45, 7) is 0. The van der Waals surface area contributed by atoms with Crippen LogP contribution in [-0.2, 0) is 5.41 Å². The van der Waals surface area contributed by atoms with Crippen LogP contribution in [0.2, 0.25) is 0 Å². The molecule has 1 spiro atoms. The highest BCUT2D eigenvalue weighted by atomic mass is 16.5. The van der Waals surface area contributed by atoms with Gasteiger partial charge in [-0.15, -0.1) is 0 Å². The van der Waals surface area contributed by atoms with Crippen LogP contribution in [0.3, 0.4) is 0 Å². The standard InChI is InChI=1S/C61H39NO/c1-2-18-40(19-3-1)43-20-9-15-31-58(43)62(41-34-36-46-50-26-10-16-32-59(50)63-60-33-17-11-27-51(60)52(46)38-41)42-35-37-57-53(39-42)45-22-5-4-21-44(45)47-23-6-12-28-54(47)61(57)55-29-13-7-24-48(55)49-25-8-14-30-56(49)61/h1-39H. The van der Waals surface area contributed by atoms with Crippen LogP contribution >= 0.6 is 0 Å². The number of rotatable bonds is 4. The minimum Gasteiger partial charge on any atom is -0.456 e. The van der Waals surface area contributed by atoms with Gasteiger partial charge in [0.25, 0.3) is 0 Å². The molecule has 1 aliphatic heterocycles. The highest BCUT2D eigenvalue weighted by Gasteiger charge is 2.49. The van der Waals surface area contributed by atoms with Gasteiger partial charge in [0.05, 0.1) is 11.1 Å². The third-order valence-corrected chi connectivity index (χ3v) is 13.5. The molecule has 2 heteroatoms. The summed E-state index contributed by atoms with van der Waals surface area (Å²) >= 11 is 0. The number of hydrogen-bond acceptors (Lipinski definition) is 2. The Morgan fingerprint density at radius 2 is 0.667 bits per heavy atom. The summed E-state index contributed by atoms with van der Waals surface area (Å²) in [6.07, 6.45) is 0. The fourth-order valence-electron chi connectivity index (χ4n) is 10.9. The SMILES string of the molecule is c1ccc(-c2ccccc2N(c2ccc3c(c2)-c2ccccc2Oc2ccccc2-3)c2ccc3c(c2)-c2ccccc2-c2ccccc2C32c3ccccc3-c3ccccc32)cc1. The van der Waals surface area contributed by atoms with Gasteiger partial charge in [0.2, 0.25) is 0 Å². The van der Waals surface area contributed by atoms with Gasteiger partial charge in [0.15, 0.2) is 0 Å². The molecule has 0 saturated heterocycles. The van der Waals surface area contributed by atoms with Gasteiger partial charge in [-0.1, -0.05) is 194 Å². The van der Waals surface area contributed by atoms with Crippen molar-refractivity contribution >= 4 is 17.1 Å². The summed E-state index contributed by atoms with van der Waals surface area (Å²) in [5.74, 6) is 1.71. The zero-order valence-electron chi connectivity index (χ0n) is 34.4. The number of nitrogens with zero attached hydrogens (tertiary/aromatic N) is 1. The second kappa shape index (κ2) is 13.9. The van der Waals surface area contributed by atoms with Crippen LogP contribution in [0.1, 0.15) is 22.3 Å². The summed E-state index contributed by atoms with van der Waals surface area (Å²) < 4.78 is 6.65. The molecule has 0 saturated carbocycles. The Bertz CT molecular complexity index is 3410. The Kier molecular flexibility index (Phi) is 7.85. The summed E-state index contributed by atoms with van der Waals surface area (Å²) in [4.78, 5) is 2.47. The molecule has 13 rings (SSSR count). The van der Waals surface area contributed by atoms with Crippen molar-refractivity contribution in [2.45, 2.75) is 5.41 Å². The van der Waals surface area contributed by atoms with Gasteiger partial charge in [0, 0.05) is 28.1 Å². The molecule has 10 aromatic carbocycles. The predicted octanol–water partition coefficient (Wildman–Crippen LogP) is 16.3. The van der Waals surface area contributed by atoms with Crippen molar-refractivity contribution in [2.75, 3.05) is 4.90 Å². The lowest BCUT2D eigenvalue weighted by molar-refractivity contribution is 0.488. The Balaban J connectivity index is 1.12. The van der Waals surface area contributed by atoms with E-state index in [1.807, 2.05) is 6.07 Å². The third-order valence-electron chi connectivity index (χ3n) is 13.5. The lowest BCUT2D eigenvalue weighted by Gasteiger charge is -2.36. The van der Waals surface area contributed by atoms with Crippen LogP contribution < -0.4 is 9.64 Å². The van der Waals surface area contributed by atoms with E-state index in [-0.39, 0.29) is 0 Å². The van der Waals surface area contributed by atoms with Crippen LogP contribution in [0.5, 0.6) is 11.5 Å². The van der Waals surface area contributed by atoms with Gasteiger partial charge in [-0.3, -0.25) is 0 Å². The molecule has 3 aliphatic rings. The maximum Gasteiger partial charge on any atom is 0.135 e. The molecule has 0 fully saturated rings. The Hall–Kier alpha value is -8.20. The Labute approximate surface area is 367 Å². The fraction of sp³-hybridized carbons (Fsp3) is 0.0164. The normalized spacial score (nSPS) is 13.0. The first-order chi connectivity index (χ1) is 31.3. The molecule has 294 valence electrons. The summed E-state index contributed by atoms with van der Waals surface area (Å²) in [6, 6.07) is 86.8. The van der Waals surface area contributed by atoms with E-state index in [9.17, 15) is 0 Å². The lowest BCUT2D eigenvalue weighted by atomic mass is 9.66. The smallest absolute Gasteiger partial charge is 0.135 e. The van der Waals surface area contributed by atoms with Crippen molar-refractivity contribution in [1.29, 1.82) is 0 Å². The van der Waals surface area contributed by atoms with E-state index in [1.165, 1.54) is 55.6 Å². The first kappa shape index (κ1) is 35.5. The van der Waals surface area contributed by atoms with Gasteiger partial charge in [-0.05, 0) is 115 Å². The third kappa shape index (κ3) is 5.19. The van der Waals surface area contributed by atoms with E-state index < -0.39 is 5.41 Å². The second-order valence-electron chi connectivity index (χ2n) is 16.7. The van der Waals surface area contributed by atoms with Crippen molar-refractivity contribution in [3.8, 4) is 78.3 Å². The Morgan fingerprint density at radius 1 is 0.270 bits per heavy atom. The van der Waals surface area contributed by atoms with Crippen LogP contribution in [-0.4, -0.2) is 0 Å². The van der Waals surface area contributed by atoms with E-state index in [0.717, 1.165) is 61.9 Å². The molecule has 1 heterocycles. The van der Waals surface area contributed by atoms with Crippen molar-refractivity contribution < 1.29 is 4.74 Å². The first-order valence-electron chi connectivity index (χ1n) is 21.8. The quantitative estimate of drug-likeness (QED) is 0.176. The Morgan fingerprint density at radius 3 is 1.29 bits per heavy atom. The molecule has 0 radical (unpaired) electrons. The summed E-state index contributed by atoms with van der Waals surface area (Å²) in [7, 11) is 0. The molecule has 0 bridgehead atoms. The van der Waals surface area contributed by atoms with Crippen molar-refractivity contribution in [3.05, 3.63) is 259 Å². The van der Waals surface area contributed by atoms with Gasteiger partial charge in [0.1, 0.15) is 11.5 Å². The molecule has 0 unspecified atom stereocenters. The molecule has 0 atom stereocenters. The molecule has 0 N–H and O–H groups in total. The maximum absolute atomic E-state index is 6.65. The number of fused-ring (bicyclic) bond motifs is 17. The molecule has 2 nitrogen and oxygen atoms in total. The molecule has 0 amide bonds. The largest absolute Gasteiger partial charge is 0.456 e. The summed E-state index contributed by atoms with van der Waals surface area (Å²) in [5, 5.41) is 0. The highest BCUT2D eigenvalue weighted by molar-refractivity contribution is 6.00. The summed E-state index contributed by atoms with van der Waals surface area (Å²) in [5.41, 5.74) is 22.1. The zero-order chi connectivity index (χ0) is 41.5. The molecular weight excluding hydrogens is 763 g/mol. The van der Waals surface area contributed by atoms with Crippen molar-refractivity contribution in [3.63, 3.8) is 0 Å². The monoisotopic (exact) mass is 801 g/mol. The number of hydrogen-bond donors (Lipinski definition) is 0. The fourth-order valence-corrected chi connectivity index (χ4v) is 10.9. The van der Waals surface area contributed by atoms with E-state index in [4.69, 9.17) is 4.74 Å². The van der Waals surface area contributed by atoms with Crippen LogP contribution in [0.15, 0.2) is 237 Å². The number of benzene rings is 10. The molecular formula is C61H39NO. The molecule has 10 aromatic rings.